The highest BCUT2D eigenvalue weighted by molar-refractivity contribution is 6.44. The number of Topliss-reactive ketones (excluding diaryl/α,β-unsaturated/α-hetero) is 1. The van der Waals surface area contributed by atoms with Crippen molar-refractivity contribution in [2.75, 3.05) is 39.9 Å². The Morgan fingerprint density at radius 2 is 1.87 bits per heavy atom. The van der Waals surface area contributed by atoms with Crippen molar-refractivity contribution >= 4 is 28.9 Å². The molecule has 1 aliphatic heterocycles. The molecule has 9 heteroatoms. The first-order valence-electron chi connectivity index (χ1n) is 10.1. The van der Waals surface area contributed by atoms with Gasteiger partial charge in [-0.3, -0.25) is 14.4 Å². The standard InChI is InChI=1S/C22H26FN3O5/c1-14(2)31-19(12-27)18(13-30-3)25-7-9-26(10-8-25)22(29)21(28)15-11-24-17-6-4-5-16(23)20(15)17/h4-6,11-12,14,24H,7-10,13H2,1-3H3/b19-18-. The van der Waals surface area contributed by atoms with Gasteiger partial charge in [-0.15, -0.1) is 0 Å². The Morgan fingerprint density at radius 3 is 2.48 bits per heavy atom. The van der Waals surface area contributed by atoms with Gasteiger partial charge in [0.05, 0.1) is 24.0 Å². The Kier molecular flexibility index (Phi) is 7.06. The molecule has 1 aliphatic rings. The lowest BCUT2D eigenvalue weighted by Crippen LogP contribution is -2.50. The van der Waals surface area contributed by atoms with Gasteiger partial charge in [0.1, 0.15) is 5.82 Å². The molecule has 0 saturated carbocycles. The second-order valence-corrected chi connectivity index (χ2v) is 7.50. The van der Waals surface area contributed by atoms with Crippen LogP contribution in [0.3, 0.4) is 0 Å². The normalized spacial score (nSPS) is 15.3. The third-order valence-electron chi connectivity index (χ3n) is 5.08. The summed E-state index contributed by atoms with van der Waals surface area (Å²) in [7, 11) is 1.52. The monoisotopic (exact) mass is 431 g/mol. The van der Waals surface area contributed by atoms with Crippen molar-refractivity contribution in [2.24, 2.45) is 0 Å². The fourth-order valence-corrected chi connectivity index (χ4v) is 3.63. The van der Waals surface area contributed by atoms with E-state index in [0.29, 0.717) is 30.6 Å². The Morgan fingerprint density at radius 1 is 1.19 bits per heavy atom. The molecule has 1 amide bonds. The lowest BCUT2D eigenvalue weighted by Gasteiger charge is -2.37. The summed E-state index contributed by atoms with van der Waals surface area (Å²) in [6, 6.07) is 4.43. The van der Waals surface area contributed by atoms with Crippen LogP contribution in [0.2, 0.25) is 0 Å². The summed E-state index contributed by atoms with van der Waals surface area (Å²) in [5.74, 6) is -1.80. The molecule has 0 bridgehead atoms. The molecular weight excluding hydrogens is 405 g/mol. The van der Waals surface area contributed by atoms with E-state index in [4.69, 9.17) is 9.47 Å². The van der Waals surface area contributed by atoms with Crippen molar-refractivity contribution in [2.45, 2.75) is 20.0 Å². The summed E-state index contributed by atoms with van der Waals surface area (Å²) in [5, 5.41) is 0.117. The zero-order valence-corrected chi connectivity index (χ0v) is 17.8. The minimum absolute atomic E-state index is 0.0223. The molecule has 31 heavy (non-hydrogen) atoms. The maximum absolute atomic E-state index is 14.2. The van der Waals surface area contributed by atoms with E-state index < -0.39 is 17.5 Å². The van der Waals surface area contributed by atoms with Crippen molar-refractivity contribution in [3.8, 4) is 0 Å². The number of amides is 1. The molecule has 0 aliphatic carbocycles. The smallest absolute Gasteiger partial charge is 0.295 e. The number of allylic oxidation sites excluding steroid dienone is 1. The van der Waals surface area contributed by atoms with E-state index in [2.05, 4.69) is 4.98 Å². The first kappa shape index (κ1) is 22.5. The Balaban J connectivity index is 1.73. The van der Waals surface area contributed by atoms with Crippen molar-refractivity contribution in [3.05, 3.63) is 47.2 Å². The number of aromatic nitrogens is 1. The number of carbonyl (C=O) groups is 3. The van der Waals surface area contributed by atoms with Crippen LogP contribution in [-0.2, 0) is 19.1 Å². The molecule has 0 atom stereocenters. The summed E-state index contributed by atoms with van der Waals surface area (Å²) in [6.07, 6.45) is 1.84. The van der Waals surface area contributed by atoms with Gasteiger partial charge in [0, 0.05) is 50.4 Å². The van der Waals surface area contributed by atoms with Gasteiger partial charge in [-0.2, -0.15) is 0 Å². The second kappa shape index (κ2) is 9.74. The largest absolute Gasteiger partial charge is 0.486 e. The van der Waals surface area contributed by atoms with Crippen LogP contribution in [-0.4, -0.2) is 78.8 Å². The van der Waals surface area contributed by atoms with Gasteiger partial charge < -0.3 is 24.3 Å². The molecule has 2 aromatic rings. The van der Waals surface area contributed by atoms with E-state index in [1.54, 1.807) is 6.07 Å². The number of methoxy groups -OCH3 is 1. The number of hydrogen-bond donors (Lipinski definition) is 1. The lowest BCUT2D eigenvalue weighted by atomic mass is 10.1. The van der Waals surface area contributed by atoms with Gasteiger partial charge in [0.25, 0.3) is 11.7 Å². The number of aromatic amines is 1. The van der Waals surface area contributed by atoms with Crippen LogP contribution >= 0.6 is 0 Å². The molecule has 0 radical (unpaired) electrons. The van der Waals surface area contributed by atoms with Gasteiger partial charge in [-0.1, -0.05) is 6.07 Å². The SMILES string of the molecule is COC/C(=C(\C=O)OC(C)C)N1CCN(C(=O)C(=O)c2c[nH]c3cccc(F)c23)CC1. The van der Waals surface area contributed by atoms with Crippen LogP contribution in [0.15, 0.2) is 35.9 Å². The number of rotatable bonds is 8. The van der Waals surface area contributed by atoms with Gasteiger partial charge in [-0.25, -0.2) is 4.39 Å². The van der Waals surface area contributed by atoms with E-state index in [1.165, 1.54) is 30.3 Å². The zero-order valence-electron chi connectivity index (χ0n) is 17.8. The fourth-order valence-electron chi connectivity index (χ4n) is 3.63. The number of hydrogen-bond acceptors (Lipinski definition) is 6. The highest BCUT2D eigenvalue weighted by Crippen LogP contribution is 2.23. The number of H-pyrrole nitrogens is 1. The summed E-state index contributed by atoms with van der Waals surface area (Å²) in [4.78, 5) is 43.3. The third kappa shape index (κ3) is 4.77. The molecular formula is C22H26FN3O5. The average molecular weight is 431 g/mol. The molecule has 1 aromatic heterocycles. The number of benzene rings is 1. The van der Waals surface area contributed by atoms with Crippen molar-refractivity contribution in [1.82, 2.24) is 14.8 Å². The number of fused-ring (bicyclic) bond motifs is 1. The van der Waals surface area contributed by atoms with Crippen LogP contribution in [0.25, 0.3) is 10.9 Å². The molecule has 3 rings (SSSR count). The minimum atomic E-state index is -0.755. The number of carbonyl (C=O) groups excluding carboxylic acids is 3. The molecule has 0 spiro atoms. The van der Waals surface area contributed by atoms with Crippen LogP contribution in [0, 0.1) is 5.82 Å². The maximum Gasteiger partial charge on any atom is 0.295 e. The van der Waals surface area contributed by atoms with Gasteiger partial charge in [-0.05, 0) is 26.0 Å². The van der Waals surface area contributed by atoms with E-state index in [0.717, 1.165) is 0 Å². The van der Waals surface area contributed by atoms with Gasteiger partial charge in [0.2, 0.25) is 0 Å². The Hall–Kier alpha value is -3.20. The first-order chi connectivity index (χ1) is 14.9. The van der Waals surface area contributed by atoms with Crippen molar-refractivity contribution in [3.63, 3.8) is 0 Å². The summed E-state index contributed by atoms with van der Waals surface area (Å²) >= 11 is 0. The number of nitrogens with zero attached hydrogens (tertiary/aromatic N) is 2. The van der Waals surface area contributed by atoms with Crippen molar-refractivity contribution < 1.29 is 28.2 Å². The molecule has 8 nitrogen and oxygen atoms in total. The van der Waals surface area contributed by atoms with Crippen LogP contribution in [0.4, 0.5) is 4.39 Å². The molecule has 2 heterocycles. The highest BCUT2D eigenvalue weighted by Gasteiger charge is 2.30. The van der Waals surface area contributed by atoms with Gasteiger partial charge >= 0.3 is 0 Å². The van der Waals surface area contributed by atoms with Crippen LogP contribution in [0.5, 0.6) is 0 Å². The minimum Gasteiger partial charge on any atom is -0.486 e. The zero-order chi connectivity index (χ0) is 22.5. The van der Waals surface area contributed by atoms with E-state index >= 15 is 0 Å². The molecule has 166 valence electrons. The second-order valence-electron chi connectivity index (χ2n) is 7.50. The number of halogens is 1. The molecule has 1 N–H and O–H groups in total. The number of nitrogens with one attached hydrogen (secondary N) is 1. The van der Waals surface area contributed by atoms with Crippen molar-refractivity contribution in [1.29, 1.82) is 0 Å². The molecule has 1 saturated heterocycles. The summed E-state index contributed by atoms with van der Waals surface area (Å²) in [6.45, 7) is 5.18. The van der Waals surface area contributed by atoms with E-state index in [1.807, 2.05) is 18.7 Å². The fraction of sp³-hybridized carbons (Fsp3) is 0.409. The van der Waals surface area contributed by atoms with Crippen LogP contribution in [0.1, 0.15) is 24.2 Å². The molecule has 1 fully saturated rings. The lowest BCUT2D eigenvalue weighted by molar-refractivity contribution is -0.128. The highest BCUT2D eigenvalue weighted by atomic mass is 19.1. The third-order valence-corrected chi connectivity index (χ3v) is 5.08. The quantitative estimate of drug-likeness (QED) is 0.226. The molecule has 1 aromatic carbocycles. The predicted molar refractivity (Wildman–Crippen MR) is 112 cm³/mol. The van der Waals surface area contributed by atoms with Gasteiger partial charge in [0.15, 0.2) is 12.0 Å². The van der Waals surface area contributed by atoms with E-state index in [-0.39, 0.29) is 42.5 Å². The predicted octanol–water partition coefficient (Wildman–Crippen LogP) is 2.12. The Labute approximate surface area is 179 Å². The topological polar surface area (TPSA) is 91.9 Å². The number of ketones is 1. The Bertz CT molecular complexity index is 1010. The number of ether oxygens (including phenoxy) is 2. The molecule has 0 unspecified atom stereocenters. The summed E-state index contributed by atoms with van der Waals surface area (Å²) < 4.78 is 25.0. The summed E-state index contributed by atoms with van der Waals surface area (Å²) in [5.41, 5.74) is 1.08. The van der Waals surface area contributed by atoms with Crippen LogP contribution < -0.4 is 0 Å². The maximum atomic E-state index is 14.2. The first-order valence-corrected chi connectivity index (χ1v) is 10.1. The number of piperazine rings is 1. The average Bonchev–Trinajstić information content (AvgIpc) is 3.20. The number of aldehydes is 1. The van der Waals surface area contributed by atoms with E-state index in [9.17, 15) is 18.8 Å².